The molecular weight excluding hydrogens is 158 g/mol. The lowest BCUT2D eigenvalue weighted by atomic mass is 10.1. The van der Waals surface area contributed by atoms with Crippen LogP contribution in [0.1, 0.15) is 13.3 Å². The van der Waals surface area contributed by atoms with Crippen molar-refractivity contribution >= 4 is 6.09 Å². The van der Waals surface area contributed by atoms with E-state index in [0.29, 0.717) is 12.5 Å². The molecule has 0 unspecified atom stereocenters. The molecule has 2 atom stereocenters. The minimum atomic E-state index is -0.335. The Labute approximate surface area is 72.1 Å². The van der Waals surface area contributed by atoms with E-state index in [-0.39, 0.29) is 18.7 Å². The number of rotatable bonds is 1. The quantitative estimate of drug-likeness (QED) is 0.626. The Hall–Kier alpha value is -0.770. The Morgan fingerprint density at radius 1 is 1.75 bits per heavy atom. The highest BCUT2D eigenvalue weighted by Gasteiger charge is 2.32. The third kappa shape index (κ3) is 1.69. The van der Waals surface area contributed by atoms with Crippen LogP contribution in [-0.4, -0.2) is 42.4 Å². The fourth-order valence-corrected chi connectivity index (χ4v) is 1.67. The molecule has 0 bridgehead atoms. The van der Waals surface area contributed by atoms with Gasteiger partial charge in [-0.25, -0.2) is 4.79 Å². The molecule has 0 aromatic carbocycles. The summed E-state index contributed by atoms with van der Waals surface area (Å²) >= 11 is 0. The normalized spacial score (nSPS) is 29.1. The Kier molecular flexibility index (Phi) is 2.92. The Bertz CT molecular complexity index is 172. The number of likely N-dealkylation sites (tertiary alicyclic amines) is 1. The van der Waals surface area contributed by atoms with Crippen LogP contribution in [0.5, 0.6) is 0 Å². The Morgan fingerprint density at radius 2 is 2.42 bits per heavy atom. The molecule has 4 nitrogen and oxygen atoms in total. The summed E-state index contributed by atoms with van der Waals surface area (Å²) < 4.78 is 4.59. The number of aliphatic hydroxyl groups is 1. The third-order valence-electron chi connectivity index (χ3n) is 2.24. The molecule has 70 valence electrons. The molecule has 1 heterocycles. The molecule has 1 saturated heterocycles. The van der Waals surface area contributed by atoms with Gasteiger partial charge in [0.1, 0.15) is 0 Å². The molecular formula is C8H15NO3. The fourth-order valence-electron chi connectivity index (χ4n) is 1.67. The molecule has 1 rings (SSSR count). The lowest BCUT2D eigenvalue weighted by molar-refractivity contribution is 0.101. The van der Waals surface area contributed by atoms with E-state index in [1.807, 2.05) is 0 Å². The second kappa shape index (κ2) is 3.76. The standard InChI is InChI=1S/C8H15NO3/c1-6-3-7(5-10)9(4-6)8(11)12-2/h6-7,10H,3-5H2,1-2H3/t6-,7+/m1/s1. The zero-order chi connectivity index (χ0) is 9.14. The van der Waals surface area contributed by atoms with E-state index in [1.165, 1.54) is 7.11 Å². The Balaban J connectivity index is 2.57. The molecule has 0 spiro atoms. The van der Waals surface area contributed by atoms with Crippen LogP contribution in [0.15, 0.2) is 0 Å². The smallest absolute Gasteiger partial charge is 0.409 e. The summed E-state index contributed by atoms with van der Waals surface area (Å²) in [6.45, 7) is 2.78. The van der Waals surface area contributed by atoms with Crippen molar-refractivity contribution in [3.63, 3.8) is 0 Å². The second-order valence-electron chi connectivity index (χ2n) is 3.30. The minimum absolute atomic E-state index is 0.0272. The van der Waals surface area contributed by atoms with E-state index in [4.69, 9.17) is 5.11 Å². The van der Waals surface area contributed by atoms with Crippen LogP contribution in [0, 0.1) is 5.92 Å². The van der Waals surface area contributed by atoms with Gasteiger partial charge in [0.15, 0.2) is 0 Å². The van der Waals surface area contributed by atoms with E-state index in [0.717, 1.165) is 6.42 Å². The number of carbonyl (C=O) groups excluding carboxylic acids is 1. The fraction of sp³-hybridized carbons (Fsp3) is 0.875. The van der Waals surface area contributed by atoms with Gasteiger partial charge in [0.2, 0.25) is 0 Å². The van der Waals surface area contributed by atoms with E-state index < -0.39 is 0 Å². The monoisotopic (exact) mass is 173 g/mol. The molecule has 0 saturated carbocycles. The molecule has 4 heteroatoms. The summed E-state index contributed by atoms with van der Waals surface area (Å²) in [4.78, 5) is 12.7. The lowest BCUT2D eigenvalue weighted by Gasteiger charge is -2.20. The average Bonchev–Trinajstić information content (AvgIpc) is 2.45. The van der Waals surface area contributed by atoms with E-state index in [2.05, 4.69) is 11.7 Å². The number of hydrogen-bond acceptors (Lipinski definition) is 3. The van der Waals surface area contributed by atoms with Gasteiger partial charge >= 0.3 is 6.09 Å². The first kappa shape index (κ1) is 9.32. The molecule has 1 aliphatic rings. The first-order chi connectivity index (χ1) is 5.69. The molecule has 0 aromatic rings. The molecule has 0 aliphatic carbocycles. The third-order valence-corrected chi connectivity index (χ3v) is 2.24. The molecule has 0 radical (unpaired) electrons. The summed E-state index contributed by atoms with van der Waals surface area (Å²) in [7, 11) is 1.36. The van der Waals surface area contributed by atoms with Gasteiger partial charge in [0, 0.05) is 6.54 Å². The van der Waals surface area contributed by atoms with Crippen molar-refractivity contribution in [3.05, 3.63) is 0 Å². The first-order valence-electron chi connectivity index (χ1n) is 4.14. The van der Waals surface area contributed by atoms with E-state index in [1.54, 1.807) is 4.90 Å². The maximum absolute atomic E-state index is 11.1. The summed E-state index contributed by atoms with van der Waals surface area (Å²) in [5.74, 6) is 0.459. The van der Waals surface area contributed by atoms with Gasteiger partial charge in [-0.15, -0.1) is 0 Å². The van der Waals surface area contributed by atoms with Gasteiger partial charge in [-0.1, -0.05) is 6.92 Å². The first-order valence-corrected chi connectivity index (χ1v) is 4.14. The predicted octanol–water partition coefficient (Wildman–Crippen LogP) is 0.455. The summed E-state index contributed by atoms with van der Waals surface area (Å²) in [5, 5.41) is 8.95. The second-order valence-corrected chi connectivity index (χ2v) is 3.30. The predicted molar refractivity (Wildman–Crippen MR) is 43.8 cm³/mol. The zero-order valence-electron chi connectivity index (χ0n) is 7.49. The van der Waals surface area contributed by atoms with Gasteiger partial charge in [0.25, 0.3) is 0 Å². The number of amides is 1. The van der Waals surface area contributed by atoms with Gasteiger partial charge in [-0.3, -0.25) is 0 Å². The van der Waals surface area contributed by atoms with Crippen LogP contribution >= 0.6 is 0 Å². The van der Waals surface area contributed by atoms with Gasteiger partial charge < -0.3 is 14.7 Å². The van der Waals surface area contributed by atoms with Crippen LogP contribution in [0.2, 0.25) is 0 Å². The number of nitrogens with zero attached hydrogens (tertiary/aromatic N) is 1. The van der Waals surface area contributed by atoms with Crippen LogP contribution in [0.4, 0.5) is 4.79 Å². The molecule has 1 N–H and O–H groups in total. The van der Waals surface area contributed by atoms with Crippen LogP contribution < -0.4 is 0 Å². The summed E-state index contributed by atoms with van der Waals surface area (Å²) in [6.07, 6.45) is 0.532. The molecule has 0 aromatic heterocycles. The van der Waals surface area contributed by atoms with Crippen LogP contribution in [0.25, 0.3) is 0 Å². The number of carbonyl (C=O) groups is 1. The van der Waals surface area contributed by atoms with Gasteiger partial charge in [-0.2, -0.15) is 0 Å². The number of aliphatic hydroxyl groups excluding tert-OH is 1. The van der Waals surface area contributed by atoms with Crippen molar-refractivity contribution in [1.29, 1.82) is 0 Å². The van der Waals surface area contributed by atoms with Gasteiger partial charge in [0.05, 0.1) is 19.8 Å². The van der Waals surface area contributed by atoms with Gasteiger partial charge in [-0.05, 0) is 12.3 Å². The number of ether oxygens (including phenoxy) is 1. The van der Waals surface area contributed by atoms with Crippen molar-refractivity contribution in [3.8, 4) is 0 Å². The minimum Gasteiger partial charge on any atom is -0.453 e. The number of methoxy groups -OCH3 is 1. The Morgan fingerprint density at radius 3 is 2.92 bits per heavy atom. The van der Waals surface area contributed by atoms with Crippen LogP contribution in [0.3, 0.4) is 0 Å². The summed E-state index contributed by atoms with van der Waals surface area (Å²) in [5.41, 5.74) is 0. The van der Waals surface area contributed by atoms with Crippen LogP contribution in [-0.2, 0) is 4.74 Å². The lowest BCUT2D eigenvalue weighted by Crippen LogP contribution is -2.37. The average molecular weight is 173 g/mol. The van der Waals surface area contributed by atoms with Crippen molar-refractivity contribution in [2.45, 2.75) is 19.4 Å². The highest BCUT2D eigenvalue weighted by Crippen LogP contribution is 2.22. The maximum atomic E-state index is 11.1. The largest absolute Gasteiger partial charge is 0.453 e. The van der Waals surface area contributed by atoms with Crippen molar-refractivity contribution < 1.29 is 14.6 Å². The van der Waals surface area contributed by atoms with E-state index >= 15 is 0 Å². The van der Waals surface area contributed by atoms with Crippen molar-refractivity contribution in [2.75, 3.05) is 20.3 Å². The zero-order valence-corrected chi connectivity index (χ0v) is 7.49. The number of hydrogen-bond donors (Lipinski definition) is 1. The maximum Gasteiger partial charge on any atom is 0.409 e. The highest BCUT2D eigenvalue weighted by molar-refractivity contribution is 5.68. The van der Waals surface area contributed by atoms with Crippen molar-refractivity contribution in [2.24, 2.45) is 5.92 Å². The van der Waals surface area contributed by atoms with E-state index in [9.17, 15) is 4.79 Å². The molecule has 12 heavy (non-hydrogen) atoms. The topological polar surface area (TPSA) is 49.8 Å². The molecule has 1 fully saturated rings. The van der Waals surface area contributed by atoms with Crippen molar-refractivity contribution in [1.82, 2.24) is 4.90 Å². The summed E-state index contributed by atoms with van der Waals surface area (Å²) in [6, 6.07) is -0.0487. The molecule has 1 aliphatic heterocycles. The SMILES string of the molecule is COC(=O)N1C[C@H](C)C[C@H]1CO. The highest BCUT2D eigenvalue weighted by atomic mass is 16.5. The molecule has 1 amide bonds.